The summed E-state index contributed by atoms with van der Waals surface area (Å²) >= 11 is 0. The zero-order chi connectivity index (χ0) is 33.7. The van der Waals surface area contributed by atoms with E-state index in [1.807, 2.05) is 36.4 Å². The van der Waals surface area contributed by atoms with Crippen LogP contribution in [0.1, 0.15) is 0 Å². The van der Waals surface area contributed by atoms with Gasteiger partial charge in [-0.25, -0.2) is 15.0 Å². The van der Waals surface area contributed by atoms with Gasteiger partial charge in [-0.2, -0.15) is 0 Å². The summed E-state index contributed by atoms with van der Waals surface area (Å²) in [4.78, 5) is 15.6. The van der Waals surface area contributed by atoms with Gasteiger partial charge in [0.05, 0.1) is 0 Å². The average Bonchev–Trinajstić information content (AvgIpc) is 3.60. The molecule has 51 heavy (non-hydrogen) atoms. The number of nitrogens with zero attached hydrogens (tertiary/aromatic N) is 3. The lowest BCUT2D eigenvalue weighted by molar-refractivity contribution is 0.670. The molecule has 0 saturated carbocycles. The Hall–Kier alpha value is -6.91. The van der Waals surface area contributed by atoms with E-state index in [1.54, 1.807) is 0 Å². The van der Waals surface area contributed by atoms with Crippen molar-refractivity contribution < 1.29 is 4.42 Å². The standard InChI is InChI=1S/C47H29N3O/c1-3-14-30(15-4-1)33-23-11-18-31-19-12-26-41(43(31)33)47-49-45(32-16-5-2-6-17-32)48-46(50-47)40-29-28-36(34-20-7-8-21-35(34)40)38-24-13-25-39-37-22-9-10-27-42(37)51-44(38)39/h1-29H. The molecule has 10 aromatic rings. The minimum absolute atomic E-state index is 0.623. The minimum Gasteiger partial charge on any atom is -0.455 e. The Morgan fingerprint density at radius 3 is 1.61 bits per heavy atom. The lowest BCUT2D eigenvalue weighted by Crippen LogP contribution is -2.01. The van der Waals surface area contributed by atoms with Crippen molar-refractivity contribution in [2.75, 3.05) is 0 Å². The molecule has 2 heterocycles. The van der Waals surface area contributed by atoms with Gasteiger partial charge < -0.3 is 4.42 Å². The largest absolute Gasteiger partial charge is 0.455 e. The Kier molecular flexibility index (Phi) is 6.78. The second-order valence-corrected chi connectivity index (χ2v) is 12.7. The number of fused-ring (bicyclic) bond motifs is 5. The summed E-state index contributed by atoms with van der Waals surface area (Å²) in [5.74, 6) is 1.88. The van der Waals surface area contributed by atoms with Crippen molar-refractivity contribution in [2.45, 2.75) is 0 Å². The third kappa shape index (κ3) is 4.88. The highest BCUT2D eigenvalue weighted by Crippen LogP contribution is 2.41. The van der Waals surface area contributed by atoms with Gasteiger partial charge >= 0.3 is 0 Å². The van der Waals surface area contributed by atoms with Gasteiger partial charge in [-0.15, -0.1) is 0 Å². The average molecular weight is 652 g/mol. The summed E-state index contributed by atoms with van der Waals surface area (Å²) in [6.07, 6.45) is 0. The van der Waals surface area contributed by atoms with Crippen LogP contribution in [0.2, 0.25) is 0 Å². The molecule has 0 aliphatic carbocycles. The fourth-order valence-electron chi connectivity index (χ4n) is 7.41. The SMILES string of the molecule is c1ccc(-c2nc(-c3ccc(-c4cccc5c4oc4ccccc45)c4ccccc34)nc(-c3cccc4cccc(-c5ccccc5)c34)n2)cc1. The van der Waals surface area contributed by atoms with Crippen molar-refractivity contribution in [1.29, 1.82) is 0 Å². The van der Waals surface area contributed by atoms with E-state index in [0.717, 1.165) is 82.4 Å². The number of hydrogen-bond donors (Lipinski definition) is 0. The Morgan fingerprint density at radius 2 is 0.843 bits per heavy atom. The molecule has 8 aromatic carbocycles. The van der Waals surface area contributed by atoms with Gasteiger partial charge in [-0.1, -0.05) is 164 Å². The van der Waals surface area contributed by atoms with Crippen LogP contribution in [0.5, 0.6) is 0 Å². The fraction of sp³-hybridized carbons (Fsp3) is 0. The molecular formula is C47H29N3O. The summed E-state index contributed by atoms with van der Waals surface area (Å²) in [5.41, 5.74) is 9.04. The highest BCUT2D eigenvalue weighted by molar-refractivity contribution is 6.13. The van der Waals surface area contributed by atoms with E-state index >= 15 is 0 Å². The summed E-state index contributed by atoms with van der Waals surface area (Å²) in [7, 11) is 0. The van der Waals surface area contributed by atoms with E-state index in [0.29, 0.717) is 17.5 Å². The van der Waals surface area contributed by atoms with Gasteiger partial charge in [0.2, 0.25) is 0 Å². The molecule has 0 aliphatic heterocycles. The zero-order valence-corrected chi connectivity index (χ0v) is 27.5. The van der Waals surface area contributed by atoms with Gasteiger partial charge in [0, 0.05) is 38.4 Å². The molecule has 0 unspecified atom stereocenters. The van der Waals surface area contributed by atoms with Crippen molar-refractivity contribution in [1.82, 2.24) is 15.0 Å². The second kappa shape index (κ2) is 11.9. The Morgan fingerprint density at radius 1 is 0.314 bits per heavy atom. The van der Waals surface area contributed by atoms with Crippen LogP contribution in [0.25, 0.3) is 99.9 Å². The molecule has 0 atom stereocenters. The van der Waals surface area contributed by atoms with Crippen LogP contribution >= 0.6 is 0 Å². The van der Waals surface area contributed by atoms with Crippen molar-refractivity contribution in [3.05, 3.63) is 176 Å². The van der Waals surface area contributed by atoms with Gasteiger partial charge in [0.15, 0.2) is 17.5 Å². The first kappa shape index (κ1) is 29.0. The normalized spacial score (nSPS) is 11.5. The molecule has 4 heteroatoms. The van der Waals surface area contributed by atoms with Crippen LogP contribution in [0.4, 0.5) is 0 Å². The predicted molar refractivity (Wildman–Crippen MR) is 209 cm³/mol. The van der Waals surface area contributed by atoms with E-state index in [-0.39, 0.29) is 0 Å². The first-order chi connectivity index (χ1) is 25.3. The topological polar surface area (TPSA) is 51.8 Å². The van der Waals surface area contributed by atoms with Crippen LogP contribution < -0.4 is 0 Å². The Bertz CT molecular complexity index is 2910. The molecule has 238 valence electrons. The number of furan rings is 1. The lowest BCUT2D eigenvalue weighted by atomic mass is 9.93. The smallest absolute Gasteiger partial charge is 0.164 e. The van der Waals surface area contributed by atoms with E-state index in [4.69, 9.17) is 19.4 Å². The molecule has 10 rings (SSSR count). The molecule has 0 amide bonds. The number of aromatic nitrogens is 3. The minimum atomic E-state index is 0.623. The van der Waals surface area contributed by atoms with Gasteiger partial charge in [0.25, 0.3) is 0 Å². The molecule has 0 bridgehead atoms. The Labute approximate surface area is 294 Å². The van der Waals surface area contributed by atoms with Crippen molar-refractivity contribution in [3.8, 4) is 56.4 Å². The van der Waals surface area contributed by atoms with Gasteiger partial charge in [0.1, 0.15) is 11.2 Å². The number of benzene rings is 8. The highest BCUT2D eigenvalue weighted by Gasteiger charge is 2.20. The number of rotatable bonds is 5. The molecule has 0 aliphatic rings. The maximum Gasteiger partial charge on any atom is 0.164 e. The molecule has 4 nitrogen and oxygen atoms in total. The maximum atomic E-state index is 6.47. The molecule has 0 N–H and O–H groups in total. The second-order valence-electron chi connectivity index (χ2n) is 12.7. The van der Waals surface area contributed by atoms with Crippen LogP contribution in [-0.2, 0) is 0 Å². The van der Waals surface area contributed by atoms with Crippen LogP contribution in [0.15, 0.2) is 180 Å². The fourth-order valence-corrected chi connectivity index (χ4v) is 7.41. The summed E-state index contributed by atoms with van der Waals surface area (Å²) < 4.78 is 6.47. The summed E-state index contributed by atoms with van der Waals surface area (Å²) in [5, 5.41) is 6.62. The molecule has 0 spiro atoms. The molecule has 0 radical (unpaired) electrons. The monoisotopic (exact) mass is 651 g/mol. The van der Waals surface area contributed by atoms with E-state index < -0.39 is 0 Å². The summed E-state index contributed by atoms with van der Waals surface area (Å²) in [6, 6.07) is 60.9. The molecule has 2 aromatic heterocycles. The third-order valence-electron chi connectivity index (χ3n) is 9.76. The third-order valence-corrected chi connectivity index (χ3v) is 9.76. The van der Waals surface area contributed by atoms with Crippen LogP contribution in [0.3, 0.4) is 0 Å². The van der Waals surface area contributed by atoms with Gasteiger partial charge in [-0.05, 0) is 45.0 Å². The first-order valence-electron chi connectivity index (χ1n) is 17.1. The van der Waals surface area contributed by atoms with E-state index in [2.05, 4.69) is 140 Å². The zero-order valence-electron chi connectivity index (χ0n) is 27.5. The van der Waals surface area contributed by atoms with Crippen molar-refractivity contribution in [2.24, 2.45) is 0 Å². The predicted octanol–water partition coefficient (Wildman–Crippen LogP) is 12.4. The first-order valence-corrected chi connectivity index (χ1v) is 17.1. The molecular weight excluding hydrogens is 623 g/mol. The quantitative estimate of drug-likeness (QED) is 0.186. The molecule has 0 saturated heterocycles. The summed E-state index contributed by atoms with van der Waals surface area (Å²) in [6.45, 7) is 0. The van der Waals surface area contributed by atoms with Crippen molar-refractivity contribution in [3.63, 3.8) is 0 Å². The van der Waals surface area contributed by atoms with Crippen LogP contribution in [-0.4, -0.2) is 15.0 Å². The maximum absolute atomic E-state index is 6.47. The van der Waals surface area contributed by atoms with E-state index in [1.165, 1.54) is 0 Å². The van der Waals surface area contributed by atoms with Crippen LogP contribution in [0, 0.1) is 0 Å². The van der Waals surface area contributed by atoms with Crippen molar-refractivity contribution >= 4 is 43.5 Å². The Balaban J connectivity index is 1.22. The van der Waals surface area contributed by atoms with E-state index in [9.17, 15) is 0 Å². The highest BCUT2D eigenvalue weighted by atomic mass is 16.3. The number of hydrogen-bond acceptors (Lipinski definition) is 4. The number of para-hydroxylation sites is 2. The molecule has 0 fully saturated rings. The lowest BCUT2D eigenvalue weighted by Gasteiger charge is -2.15. The van der Waals surface area contributed by atoms with Gasteiger partial charge in [-0.3, -0.25) is 0 Å².